The molecule has 0 atom stereocenters. The lowest BCUT2D eigenvalue weighted by molar-refractivity contribution is 0.432. The van der Waals surface area contributed by atoms with Crippen LogP contribution in [0.1, 0.15) is 5.56 Å². The maximum absolute atomic E-state index is 9.48. The van der Waals surface area contributed by atoms with Crippen LogP contribution in [-0.2, 0) is 0 Å². The van der Waals surface area contributed by atoms with E-state index in [2.05, 4.69) is 10.1 Å². The summed E-state index contributed by atoms with van der Waals surface area (Å²) in [5.74, 6) is 1.000. The number of nitrogen functional groups attached to an aromatic ring is 1. The van der Waals surface area contributed by atoms with E-state index in [0.29, 0.717) is 23.0 Å². The summed E-state index contributed by atoms with van der Waals surface area (Å²) in [5.41, 5.74) is 8.93. The second kappa shape index (κ2) is 4.70. The number of nitrogens with two attached hydrogens (primary N) is 1. The van der Waals surface area contributed by atoms with Crippen molar-refractivity contribution < 1.29 is 9.63 Å². The fraction of sp³-hybridized carbons (Fsp3) is 0.0667. The number of hydrogen-bond donors (Lipinski definition) is 2. The maximum Gasteiger partial charge on any atom is 0.258 e. The predicted octanol–water partition coefficient (Wildman–Crippen LogP) is 3.00. The van der Waals surface area contributed by atoms with Gasteiger partial charge in [0.2, 0.25) is 5.82 Å². The van der Waals surface area contributed by atoms with Gasteiger partial charge in [0.25, 0.3) is 5.89 Å². The van der Waals surface area contributed by atoms with E-state index in [1.807, 2.05) is 19.1 Å². The normalized spacial score (nSPS) is 10.7. The fourth-order valence-corrected chi connectivity index (χ4v) is 1.97. The fourth-order valence-electron chi connectivity index (χ4n) is 1.97. The number of nitrogens with zero attached hydrogens (tertiary/aromatic N) is 2. The Labute approximate surface area is 115 Å². The molecule has 1 aromatic heterocycles. The van der Waals surface area contributed by atoms with Gasteiger partial charge in [-0.3, -0.25) is 0 Å². The van der Waals surface area contributed by atoms with E-state index in [1.165, 1.54) is 0 Å². The van der Waals surface area contributed by atoms with E-state index >= 15 is 0 Å². The zero-order valence-corrected chi connectivity index (χ0v) is 10.9. The SMILES string of the molecule is Cc1ccc(N)cc1-c1nc(-c2cccc(O)c2)no1. The molecular formula is C15H13N3O2. The zero-order valence-electron chi connectivity index (χ0n) is 10.9. The third kappa shape index (κ3) is 2.21. The van der Waals surface area contributed by atoms with Crippen LogP contribution < -0.4 is 5.73 Å². The van der Waals surface area contributed by atoms with Crippen LogP contribution >= 0.6 is 0 Å². The molecule has 3 rings (SSSR count). The molecule has 3 N–H and O–H groups in total. The van der Waals surface area contributed by atoms with E-state index in [-0.39, 0.29) is 5.75 Å². The summed E-state index contributed by atoms with van der Waals surface area (Å²) in [6.45, 7) is 1.95. The second-order valence-corrected chi connectivity index (χ2v) is 4.55. The van der Waals surface area contributed by atoms with Gasteiger partial charge in [-0.1, -0.05) is 23.4 Å². The molecule has 3 aromatic rings. The van der Waals surface area contributed by atoms with Crippen molar-refractivity contribution in [2.45, 2.75) is 6.92 Å². The molecule has 2 aromatic carbocycles. The van der Waals surface area contributed by atoms with Crippen molar-refractivity contribution in [2.75, 3.05) is 5.73 Å². The van der Waals surface area contributed by atoms with Crippen molar-refractivity contribution in [3.05, 3.63) is 48.0 Å². The summed E-state index contributed by atoms with van der Waals surface area (Å²) in [5, 5.41) is 13.4. The Balaban J connectivity index is 2.04. The molecule has 0 saturated heterocycles. The van der Waals surface area contributed by atoms with E-state index < -0.39 is 0 Å². The number of aryl methyl sites for hydroxylation is 1. The lowest BCUT2D eigenvalue weighted by Crippen LogP contribution is -1.89. The molecule has 1 heterocycles. The monoisotopic (exact) mass is 267 g/mol. The number of benzene rings is 2. The van der Waals surface area contributed by atoms with Crippen LogP contribution in [0.15, 0.2) is 47.0 Å². The Morgan fingerprint density at radius 2 is 2.00 bits per heavy atom. The van der Waals surface area contributed by atoms with Gasteiger partial charge in [-0.25, -0.2) is 0 Å². The van der Waals surface area contributed by atoms with E-state index in [0.717, 1.165) is 11.1 Å². The number of anilines is 1. The molecule has 0 spiro atoms. The lowest BCUT2D eigenvalue weighted by atomic mass is 10.1. The summed E-state index contributed by atoms with van der Waals surface area (Å²) in [6, 6.07) is 12.2. The molecule has 5 heteroatoms. The minimum Gasteiger partial charge on any atom is -0.508 e. The average molecular weight is 267 g/mol. The van der Waals surface area contributed by atoms with Crippen molar-refractivity contribution in [2.24, 2.45) is 0 Å². The molecule has 5 nitrogen and oxygen atoms in total. The molecule has 0 unspecified atom stereocenters. The maximum atomic E-state index is 9.48. The highest BCUT2D eigenvalue weighted by Gasteiger charge is 2.13. The van der Waals surface area contributed by atoms with Crippen LogP contribution in [0.4, 0.5) is 5.69 Å². The van der Waals surface area contributed by atoms with Crippen molar-refractivity contribution >= 4 is 5.69 Å². The largest absolute Gasteiger partial charge is 0.508 e. The second-order valence-electron chi connectivity index (χ2n) is 4.55. The minimum absolute atomic E-state index is 0.161. The molecule has 0 fully saturated rings. The molecule has 0 saturated carbocycles. The number of rotatable bonds is 2. The van der Waals surface area contributed by atoms with Crippen LogP contribution in [-0.4, -0.2) is 15.2 Å². The standard InChI is InChI=1S/C15H13N3O2/c1-9-5-6-11(16)8-13(9)15-17-14(18-20-15)10-3-2-4-12(19)7-10/h2-8,19H,16H2,1H3. The van der Waals surface area contributed by atoms with Crippen LogP contribution in [0, 0.1) is 6.92 Å². The first-order valence-electron chi connectivity index (χ1n) is 6.13. The van der Waals surface area contributed by atoms with Gasteiger partial charge in [0.05, 0.1) is 0 Å². The van der Waals surface area contributed by atoms with Crippen LogP contribution in [0.5, 0.6) is 5.75 Å². The van der Waals surface area contributed by atoms with Gasteiger partial charge in [-0.05, 0) is 36.8 Å². The third-order valence-corrected chi connectivity index (χ3v) is 3.02. The molecule has 0 amide bonds. The predicted molar refractivity (Wildman–Crippen MR) is 76.0 cm³/mol. The molecule has 0 radical (unpaired) electrons. The first kappa shape index (κ1) is 12.2. The molecule has 0 aliphatic carbocycles. The van der Waals surface area contributed by atoms with Crippen LogP contribution in [0.25, 0.3) is 22.8 Å². The number of aromatic hydroxyl groups is 1. The number of hydrogen-bond acceptors (Lipinski definition) is 5. The van der Waals surface area contributed by atoms with E-state index in [9.17, 15) is 5.11 Å². The highest BCUT2D eigenvalue weighted by molar-refractivity contribution is 5.66. The van der Waals surface area contributed by atoms with Gasteiger partial charge < -0.3 is 15.4 Å². The third-order valence-electron chi connectivity index (χ3n) is 3.02. The number of aromatic nitrogens is 2. The highest BCUT2D eigenvalue weighted by Crippen LogP contribution is 2.27. The molecule has 0 aliphatic rings. The summed E-state index contributed by atoms with van der Waals surface area (Å²) in [4.78, 5) is 4.35. The Morgan fingerprint density at radius 3 is 2.80 bits per heavy atom. The Kier molecular flexibility index (Phi) is 2.87. The summed E-state index contributed by atoms with van der Waals surface area (Å²) in [7, 11) is 0. The van der Waals surface area contributed by atoms with E-state index in [4.69, 9.17) is 10.3 Å². The molecule has 0 aliphatic heterocycles. The smallest absolute Gasteiger partial charge is 0.258 e. The van der Waals surface area contributed by atoms with Crippen molar-refractivity contribution in [1.82, 2.24) is 10.1 Å². The minimum atomic E-state index is 0.161. The quantitative estimate of drug-likeness (QED) is 0.697. The Bertz CT molecular complexity index is 765. The van der Waals surface area contributed by atoms with Gasteiger partial charge >= 0.3 is 0 Å². The molecule has 0 bridgehead atoms. The lowest BCUT2D eigenvalue weighted by Gasteiger charge is -2.01. The van der Waals surface area contributed by atoms with Gasteiger partial charge in [-0.15, -0.1) is 0 Å². The Hall–Kier alpha value is -2.82. The van der Waals surface area contributed by atoms with Crippen LogP contribution in [0.3, 0.4) is 0 Å². The molecule has 100 valence electrons. The molecule has 20 heavy (non-hydrogen) atoms. The first-order valence-corrected chi connectivity index (χ1v) is 6.13. The average Bonchev–Trinajstić information content (AvgIpc) is 2.91. The van der Waals surface area contributed by atoms with Gasteiger partial charge in [0, 0.05) is 16.8 Å². The van der Waals surface area contributed by atoms with Crippen molar-refractivity contribution in [1.29, 1.82) is 0 Å². The first-order chi connectivity index (χ1) is 9.63. The number of phenols is 1. The highest BCUT2D eigenvalue weighted by atomic mass is 16.5. The van der Waals surface area contributed by atoms with Gasteiger partial charge in [-0.2, -0.15) is 4.98 Å². The zero-order chi connectivity index (χ0) is 14.1. The summed E-state index contributed by atoms with van der Waals surface area (Å²) in [6.07, 6.45) is 0. The van der Waals surface area contributed by atoms with Crippen molar-refractivity contribution in [3.63, 3.8) is 0 Å². The van der Waals surface area contributed by atoms with Gasteiger partial charge in [0.1, 0.15) is 5.75 Å². The summed E-state index contributed by atoms with van der Waals surface area (Å²) < 4.78 is 5.28. The van der Waals surface area contributed by atoms with Gasteiger partial charge in [0.15, 0.2) is 0 Å². The summed E-state index contributed by atoms with van der Waals surface area (Å²) >= 11 is 0. The Morgan fingerprint density at radius 1 is 1.15 bits per heavy atom. The topological polar surface area (TPSA) is 85.2 Å². The van der Waals surface area contributed by atoms with Crippen molar-refractivity contribution in [3.8, 4) is 28.6 Å². The van der Waals surface area contributed by atoms with Crippen LogP contribution in [0.2, 0.25) is 0 Å². The van der Waals surface area contributed by atoms with E-state index in [1.54, 1.807) is 30.3 Å². The number of phenolic OH excluding ortho intramolecular Hbond substituents is 1. The molecular weight excluding hydrogens is 254 g/mol.